The van der Waals surface area contributed by atoms with Gasteiger partial charge in [0, 0.05) is 22.6 Å². The highest BCUT2D eigenvalue weighted by molar-refractivity contribution is 5.92. The zero-order chi connectivity index (χ0) is 18.8. The highest BCUT2D eigenvalue weighted by Gasteiger charge is 2.14. The Labute approximate surface area is 156 Å². The van der Waals surface area contributed by atoms with E-state index < -0.39 is 0 Å². The SMILES string of the molecule is Cc1nc2ncnn2c(C)c1CC(=O)Nc1ccc(-c2ccccc2)cc1. The van der Waals surface area contributed by atoms with Crippen molar-refractivity contribution in [1.82, 2.24) is 19.6 Å². The molecule has 2 heterocycles. The molecule has 0 spiro atoms. The average molecular weight is 357 g/mol. The molecule has 27 heavy (non-hydrogen) atoms. The second-order valence-corrected chi connectivity index (χ2v) is 6.40. The van der Waals surface area contributed by atoms with E-state index in [1.807, 2.05) is 56.3 Å². The molecule has 134 valence electrons. The van der Waals surface area contributed by atoms with E-state index in [0.29, 0.717) is 5.78 Å². The van der Waals surface area contributed by atoms with Crippen molar-refractivity contribution in [3.8, 4) is 11.1 Å². The first-order chi connectivity index (χ1) is 13.1. The normalized spacial score (nSPS) is 10.9. The number of fused-ring (bicyclic) bond motifs is 1. The third-order valence-electron chi connectivity index (χ3n) is 4.60. The number of aromatic nitrogens is 4. The maximum absolute atomic E-state index is 12.5. The topological polar surface area (TPSA) is 72.2 Å². The molecular formula is C21H19N5O. The Morgan fingerprint density at radius 1 is 1.00 bits per heavy atom. The first-order valence-corrected chi connectivity index (χ1v) is 8.73. The fourth-order valence-corrected chi connectivity index (χ4v) is 3.15. The lowest BCUT2D eigenvalue weighted by Gasteiger charge is -2.11. The van der Waals surface area contributed by atoms with Crippen LogP contribution in [0.2, 0.25) is 0 Å². The number of aryl methyl sites for hydroxylation is 2. The quantitative estimate of drug-likeness (QED) is 0.606. The van der Waals surface area contributed by atoms with E-state index in [2.05, 4.69) is 32.5 Å². The van der Waals surface area contributed by atoms with Crippen LogP contribution in [0.25, 0.3) is 16.9 Å². The number of benzene rings is 2. The van der Waals surface area contributed by atoms with Crippen molar-refractivity contribution in [3.63, 3.8) is 0 Å². The minimum absolute atomic E-state index is 0.0880. The van der Waals surface area contributed by atoms with Crippen LogP contribution in [-0.2, 0) is 11.2 Å². The highest BCUT2D eigenvalue weighted by atomic mass is 16.1. The molecule has 2 aromatic heterocycles. The van der Waals surface area contributed by atoms with E-state index >= 15 is 0 Å². The summed E-state index contributed by atoms with van der Waals surface area (Å²) in [6.07, 6.45) is 1.70. The van der Waals surface area contributed by atoms with Gasteiger partial charge in [-0.25, -0.2) is 9.50 Å². The lowest BCUT2D eigenvalue weighted by molar-refractivity contribution is -0.115. The molecule has 2 aromatic carbocycles. The summed E-state index contributed by atoms with van der Waals surface area (Å²) in [4.78, 5) is 21.0. The Balaban J connectivity index is 1.50. The van der Waals surface area contributed by atoms with E-state index in [1.165, 1.54) is 6.33 Å². The van der Waals surface area contributed by atoms with Crippen LogP contribution < -0.4 is 5.32 Å². The predicted molar refractivity (Wildman–Crippen MR) is 104 cm³/mol. The van der Waals surface area contributed by atoms with Crippen molar-refractivity contribution in [2.24, 2.45) is 0 Å². The van der Waals surface area contributed by atoms with Gasteiger partial charge >= 0.3 is 0 Å². The molecule has 0 saturated heterocycles. The summed E-state index contributed by atoms with van der Waals surface area (Å²) in [5.74, 6) is 0.459. The van der Waals surface area contributed by atoms with Crippen molar-refractivity contribution in [2.45, 2.75) is 20.3 Å². The molecule has 6 nitrogen and oxygen atoms in total. The van der Waals surface area contributed by atoms with Crippen LogP contribution in [0.5, 0.6) is 0 Å². The van der Waals surface area contributed by atoms with Gasteiger partial charge in [0.15, 0.2) is 0 Å². The number of amides is 1. The summed E-state index contributed by atoms with van der Waals surface area (Å²) in [6, 6.07) is 18.0. The van der Waals surface area contributed by atoms with Gasteiger partial charge in [-0.1, -0.05) is 42.5 Å². The zero-order valence-electron chi connectivity index (χ0n) is 15.2. The van der Waals surface area contributed by atoms with Gasteiger partial charge in [0.2, 0.25) is 5.91 Å². The van der Waals surface area contributed by atoms with Crippen molar-refractivity contribution >= 4 is 17.4 Å². The number of nitrogens with one attached hydrogen (secondary N) is 1. The molecule has 0 saturated carbocycles. The largest absolute Gasteiger partial charge is 0.326 e. The van der Waals surface area contributed by atoms with E-state index in [4.69, 9.17) is 0 Å². The van der Waals surface area contributed by atoms with E-state index in [0.717, 1.165) is 33.8 Å². The summed E-state index contributed by atoms with van der Waals surface area (Å²) < 4.78 is 1.66. The molecule has 0 aliphatic rings. The lowest BCUT2D eigenvalue weighted by atomic mass is 10.1. The third kappa shape index (κ3) is 3.42. The molecule has 1 N–H and O–H groups in total. The number of hydrogen-bond donors (Lipinski definition) is 1. The number of hydrogen-bond acceptors (Lipinski definition) is 4. The van der Waals surface area contributed by atoms with Gasteiger partial charge in [0.25, 0.3) is 5.78 Å². The summed E-state index contributed by atoms with van der Waals surface area (Å²) in [5.41, 5.74) is 5.57. The van der Waals surface area contributed by atoms with Gasteiger partial charge in [-0.15, -0.1) is 0 Å². The van der Waals surface area contributed by atoms with E-state index in [-0.39, 0.29) is 12.3 Å². The van der Waals surface area contributed by atoms with Crippen LogP contribution in [0.3, 0.4) is 0 Å². The fraction of sp³-hybridized carbons (Fsp3) is 0.143. The number of nitrogens with zero attached hydrogens (tertiary/aromatic N) is 4. The number of carbonyl (C=O) groups is 1. The summed E-state index contributed by atoms with van der Waals surface area (Å²) >= 11 is 0. The monoisotopic (exact) mass is 357 g/mol. The molecule has 0 aliphatic carbocycles. The average Bonchev–Trinajstić information content (AvgIpc) is 3.15. The van der Waals surface area contributed by atoms with Gasteiger partial charge in [-0.3, -0.25) is 4.79 Å². The molecule has 6 heteroatoms. The number of carbonyl (C=O) groups excluding carboxylic acids is 1. The second-order valence-electron chi connectivity index (χ2n) is 6.40. The van der Waals surface area contributed by atoms with Crippen LogP contribution in [0, 0.1) is 13.8 Å². The molecule has 4 aromatic rings. The van der Waals surface area contributed by atoms with Crippen molar-refractivity contribution in [1.29, 1.82) is 0 Å². The van der Waals surface area contributed by atoms with Gasteiger partial charge in [0.1, 0.15) is 6.33 Å². The predicted octanol–water partition coefficient (Wildman–Crippen LogP) is 3.59. The van der Waals surface area contributed by atoms with Gasteiger partial charge in [0.05, 0.1) is 6.42 Å². The van der Waals surface area contributed by atoms with Crippen LogP contribution in [0.15, 0.2) is 60.9 Å². The van der Waals surface area contributed by atoms with Crippen molar-refractivity contribution in [3.05, 3.63) is 77.9 Å². The molecule has 0 bridgehead atoms. The Hall–Kier alpha value is -3.54. The Morgan fingerprint density at radius 2 is 1.70 bits per heavy atom. The first-order valence-electron chi connectivity index (χ1n) is 8.73. The lowest BCUT2D eigenvalue weighted by Crippen LogP contribution is -2.17. The van der Waals surface area contributed by atoms with Gasteiger partial charge in [-0.2, -0.15) is 10.1 Å². The minimum atomic E-state index is -0.0880. The van der Waals surface area contributed by atoms with Crippen LogP contribution in [-0.4, -0.2) is 25.5 Å². The molecule has 0 radical (unpaired) electrons. The summed E-state index contributed by atoms with van der Waals surface area (Å²) in [6.45, 7) is 3.81. The Kier molecular flexibility index (Phi) is 4.38. The van der Waals surface area contributed by atoms with Crippen molar-refractivity contribution < 1.29 is 4.79 Å². The third-order valence-corrected chi connectivity index (χ3v) is 4.60. The highest BCUT2D eigenvalue weighted by Crippen LogP contribution is 2.21. The smallest absolute Gasteiger partial charge is 0.252 e. The van der Waals surface area contributed by atoms with Crippen LogP contribution in [0.1, 0.15) is 17.0 Å². The number of rotatable bonds is 4. The molecule has 0 atom stereocenters. The van der Waals surface area contributed by atoms with Gasteiger partial charge < -0.3 is 5.32 Å². The van der Waals surface area contributed by atoms with Crippen LogP contribution in [0.4, 0.5) is 5.69 Å². The molecule has 0 aliphatic heterocycles. The second kappa shape index (κ2) is 6.99. The summed E-state index contributed by atoms with van der Waals surface area (Å²) in [5, 5.41) is 7.11. The first kappa shape index (κ1) is 16.9. The molecule has 4 rings (SSSR count). The molecule has 0 unspecified atom stereocenters. The van der Waals surface area contributed by atoms with Gasteiger partial charge in [-0.05, 0) is 37.1 Å². The maximum atomic E-state index is 12.5. The van der Waals surface area contributed by atoms with Crippen LogP contribution >= 0.6 is 0 Å². The Morgan fingerprint density at radius 3 is 2.44 bits per heavy atom. The summed E-state index contributed by atoms with van der Waals surface area (Å²) in [7, 11) is 0. The fourth-order valence-electron chi connectivity index (χ4n) is 3.15. The Bertz CT molecular complexity index is 1100. The molecular weight excluding hydrogens is 338 g/mol. The number of anilines is 1. The van der Waals surface area contributed by atoms with E-state index in [1.54, 1.807) is 4.52 Å². The zero-order valence-corrected chi connectivity index (χ0v) is 15.2. The minimum Gasteiger partial charge on any atom is -0.326 e. The molecule has 0 fully saturated rings. The van der Waals surface area contributed by atoms with Crippen molar-refractivity contribution in [2.75, 3.05) is 5.32 Å². The van der Waals surface area contributed by atoms with E-state index in [9.17, 15) is 4.79 Å². The maximum Gasteiger partial charge on any atom is 0.252 e. The standard InChI is InChI=1S/C21H19N5O/c1-14-19(15(2)26-21(24-14)22-13-23-26)12-20(27)25-18-10-8-17(9-11-18)16-6-4-3-5-7-16/h3-11,13H,12H2,1-2H3,(H,25,27). The molecule has 1 amide bonds.